The fraction of sp³-hybridized carbons (Fsp3) is 0.407. The number of hydrogen-bond acceptors (Lipinski definition) is 6. The normalized spacial score (nSPS) is 11.6. The molecule has 0 fully saturated rings. The Hall–Kier alpha value is -3.66. The monoisotopic (exact) mass is 458 g/mol. The summed E-state index contributed by atoms with van der Waals surface area (Å²) in [5.41, 5.74) is 8.43. The number of pyridine rings is 1. The molecule has 3 rings (SSSR count). The molecular formula is C27H34N6O. The topological polar surface area (TPSA) is 110 Å². The number of fused-ring (bicyclic) bond motifs is 1. The second kappa shape index (κ2) is 11.5. The molecule has 2 heterocycles. The third kappa shape index (κ3) is 5.28. The molecule has 4 N–H and O–H groups in total. The van der Waals surface area contributed by atoms with Gasteiger partial charge in [-0.15, -0.1) is 0 Å². The van der Waals surface area contributed by atoms with Crippen LogP contribution in [-0.4, -0.2) is 20.2 Å². The van der Waals surface area contributed by atoms with Crippen LogP contribution in [0.2, 0.25) is 0 Å². The summed E-state index contributed by atoms with van der Waals surface area (Å²) in [5.74, 6) is 6.35. The van der Waals surface area contributed by atoms with Crippen molar-refractivity contribution in [2.24, 2.45) is 0 Å². The van der Waals surface area contributed by atoms with Gasteiger partial charge in [0.15, 0.2) is 0 Å². The molecule has 34 heavy (non-hydrogen) atoms. The largest absolute Gasteiger partial charge is 0.383 e. The summed E-state index contributed by atoms with van der Waals surface area (Å²) < 4.78 is 1.95. The maximum absolute atomic E-state index is 13.7. The number of anilines is 2. The van der Waals surface area contributed by atoms with Gasteiger partial charge in [-0.1, -0.05) is 57.7 Å². The molecule has 0 spiro atoms. The zero-order valence-electron chi connectivity index (χ0n) is 20.5. The fourth-order valence-corrected chi connectivity index (χ4v) is 4.29. The van der Waals surface area contributed by atoms with Gasteiger partial charge in [-0.3, -0.25) is 10.2 Å². The van der Waals surface area contributed by atoms with E-state index in [4.69, 9.17) is 11.1 Å². The Bertz CT molecular complexity index is 1300. The molecule has 178 valence electrons. The van der Waals surface area contributed by atoms with Crippen molar-refractivity contribution >= 4 is 28.1 Å². The quantitative estimate of drug-likeness (QED) is 0.301. The van der Waals surface area contributed by atoms with E-state index in [2.05, 4.69) is 47.0 Å². The molecule has 3 aromatic rings. The second-order valence-electron chi connectivity index (χ2n) is 8.42. The first-order valence-electron chi connectivity index (χ1n) is 12.0. The molecule has 0 aliphatic heterocycles. The maximum Gasteiger partial charge on any atom is 0.259 e. The summed E-state index contributed by atoms with van der Waals surface area (Å²) in [7, 11) is 0. The minimum atomic E-state index is 0.0410. The van der Waals surface area contributed by atoms with E-state index in [1.807, 2.05) is 36.6 Å². The highest BCUT2D eigenvalue weighted by atomic mass is 16.1. The van der Waals surface area contributed by atoms with Gasteiger partial charge in [0.1, 0.15) is 23.7 Å². The lowest BCUT2D eigenvalue weighted by Crippen LogP contribution is -2.29. The number of nitrogens with one attached hydrogen (secondary N) is 2. The molecule has 1 unspecified atom stereocenters. The summed E-state index contributed by atoms with van der Waals surface area (Å²) in [4.78, 5) is 22.1. The Balaban J connectivity index is 2.09. The number of benzene rings is 1. The zero-order valence-corrected chi connectivity index (χ0v) is 20.5. The van der Waals surface area contributed by atoms with E-state index in [1.54, 1.807) is 0 Å². The molecule has 7 heteroatoms. The molecule has 0 aliphatic rings. The number of hydrogen-bond donors (Lipinski definition) is 3. The van der Waals surface area contributed by atoms with Gasteiger partial charge in [-0.25, -0.2) is 9.97 Å². The van der Waals surface area contributed by atoms with E-state index in [-0.39, 0.29) is 23.1 Å². The number of nitrogen functional groups attached to an aromatic ring is 1. The third-order valence-electron chi connectivity index (χ3n) is 6.05. The summed E-state index contributed by atoms with van der Waals surface area (Å²) in [6, 6.07) is 8.13. The van der Waals surface area contributed by atoms with Gasteiger partial charge < -0.3 is 15.6 Å². The molecule has 1 atom stereocenters. The van der Waals surface area contributed by atoms with Crippen molar-refractivity contribution in [1.29, 1.82) is 5.41 Å². The highest BCUT2D eigenvalue weighted by Gasteiger charge is 2.19. The van der Waals surface area contributed by atoms with E-state index in [9.17, 15) is 4.79 Å². The van der Waals surface area contributed by atoms with Crippen LogP contribution in [0.15, 0.2) is 35.4 Å². The smallest absolute Gasteiger partial charge is 0.259 e. The summed E-state index contributed by atoms with van der Waals surface area (Å²) in [6.45, 7) is 8.56. The van der Waals surface area contributed by atoms with Crippen LogP contribution in [0.5, 0.6) is 0 Å². The first-order valence-corrected chi connectivity index (χ1v) is 12.0. The average molecular weight is 459 g/mol. The van der Waals surface area contributed by atoms with Crippen molar-refractivity contribution in [3.05, 3.63) is 57.8 Å². The molecule has 1 aromatic carbocycles. The van der Waals surface area contributed by atoms with Crippen LogP contribution in [0.25, 0.3) is 10.8 Å². The molecule has 0 amide bonds. The van der Waals surface area contributed by atoms with Crippen molar-refractivity contribution in [2.45, 2.75) is 72.4 Å². The van der Waals surface area contributed by atoms with E-state index in [1.165, 1.54) is 6.33 Å². The first-order chi connectivity index (χ1) is 16.4. The fourth-order valence-electron chi connectivity index (χ4n) is 4.29. The minimum absolute atomic E-state index is 0.0410. The predicted octanol–water partition coefficient (Wildman–Crippen LogP) is 5.22. The van der Waals surface area contributed by atoms with Crippen LogP contribution < -0.4 is 16.6 Å². The molecular weight excluding hydrogens is 424 g/mol. The van der Waals surface area contributed by atoms with Crippen molar-refractivity contribution in [2.75, 3.05) is 11.1 Å². The van der Waals surface area contributed by atoms with Gasteiger partial charge in [0, 0.05) is 18.2 Å². The maximum atomic E-state index is 13.7. The van der Waals surface area contributed by atoms with Crippen LogP contribution in [0.4, 0.5) is 11.6 Å². The molecule has 0 radical (unpaired) electrons. The van der Waals surface area contributed by atoms with E-state index in [0.717, 1.165) is 47.7 Å². The lowest BCUT2D eigenvalue weighted by molar-refractivity contribution is 0.417. The Morgan fingerprint density at radius 3 is 2.76 bits per heavy atom. The van der Waals surface area contributed by atoms with Crippen LogP contribution in [-0.2, 0) is 6.54 Å². The number of nitrogens with zero attached hydrogens (tertiary/aromatic N) is 3. The number of unbranched alkanes of at least 4 members (excludes halogenated alkanes) is 1. The van der Waals surface area contributed by atoms with E-state index >= 15 is 0 Å². The Kier molecular flexibility index (Phi) is 8.42. The van der Waals surface area contributed by atoms with Crippen molar-refractivity contribution < 1.29 is 0 Å². The Morgan fingerprint density at radius 1 is 1.26 bits per heavy atom. The molecule has 0 saturated heterocycles. The highest BCUT2D eigenvalue weighted by Crippen LogP contribution is 2.25. The number of aromatic nitrogens is 3. The standard InChI is InChI=1S/C27H34N6O/c1-5-8-13-20(7-3)33-21(15-19-12-10-11-18(4)23(19)27(33)34)16-30-26-24(22(28)14-9-6-2)25(29)31-17-32-26/h10-12,15,17,20,28H,5-8,13,16H2,1-4H3,(H3,29,30,31,32). The van der Waals surface area contributed by atoms with E-state index in [0.29, 0.717) is 24.3 Å². The lowest BCUT2D eigenvalue weighted by Gasteiger charge is -2.24. The summed E-state index contributed by atoms with van der Waals surface area (Å²) >= 11 is 0. The average Bonchev–Trinajstić information content (AvgIpc) is 2.82. The SMILES string of the molecule is CCC#CC(=N)c1c(N)ncnc1NCc1cc2cccc(C)c2c(=O)n1C(CC)CCCC. The van der Waals surface area contributed by atoms with E-state index < -0.39 is 0 Å². The second-order valence-corrected chi connectivity index (χ2v) is 8.42. The number of aryl methyl sites for hydroxylation is 1. The van der Waals surface area contributed by atoms with Gasteiger partial charge in [-0.05, 0) is 42.7 Å². The molecule has 0 bridgehead atoms. The highest BCUT2D eigenvalue weighted by molar-refractivity contribution is 6.16. The molecule has 7 nitrogen and oxygen atoms in total. The van der Waals surface area contributed by atoms with Crippen molar-refractivity contribution in [3.63, 3.8) is 0 Å². The van der Waals surface area contributed by atoms with Gasteiger partial charge in [0.25, 0.3) is 5.56 Å². The molecule has 0 saturated carbocycles. The van der Waals surface area contributed by atoms with Crippen molar-refractivity contribution in [1.82, 2.24) is 14.5 Å². The van der Waals surface area contributed by atoms with Crippen LogP contribution in [0.1, 0.15) is 75.7 Å². The minimum Gasteiger partial charge on any atom is -0.383 e. The lowest BCUT2D eigenvalue weighted by atomic mass is 10.0. The van der Waals surface area contributed by atoms with Crippen molar-refractivity contribution in [3.8, 4) is 11.8 Å². The summed E-state index contributed by atoms with van der Waals surface area (Å²) in [5, 5.41) is 13.4. The summed E-state index contributed by atoms with van der Waals surface area (Å²) in [6.07, 6.45) is 5.96. The van der Waals surface area contributed by atoms with Gasteiger partial charge in [-0.2, -0.15) is 0 Å². The van der Waals surface area contributed by atoms with Crippen LogP contribution in [0.3, 0.4) is 0 Å². The van der Waals surface area contributed by atoms with Gasteiger partial charge in [0.2, 0.25) is 0 Å². The van der Waals surface area contributed by atoms with Crippen LogP contribution in [0, 0.1) is 24.2 Å². The van der Waals surface area contributed by atoms with Gasteiger partial charge >= 0.3 is 0 Å². The predicted molar refractivity (Wildman–Crippen MR) is 140 cm³/mol. The zero-order chi connectivity index (χ0) is 24.7. The van der Waals surface area contributed by atoms with Crippen LogP contribution >= 0.6 is 0 Å². The third-order valence-corrected chi connectivity index (χ3v) is 6.05. The first kappa shape index (κ1) is 25.0. The Labute approximate surface area is 201 Å². The molecule has 0 aliphatic carbocycles. The van der Waals surface area contributed by atoms with Gasteiger partial charge in [0.05, 0.1) is 17.5 Å². The molecule has 2 aromatic heterocycles. The Morgan fingerprint density at radius 2 is 2.06 bits per heavy atom. The number of nitrogens with two attached hydrogens (primary N) is 1. The number of rotatable bonds is 9.